The van der Waals surface area contributed by atoms with Crippen molar-refractivity contribution in [3.05, 3.63) is 64.4 Å². The number of halogens is 4. The molecule has 0 aliphatic heterocycles. The van der Waals surface area contributed by atoms with Crippen LogP contribution < -0.4 is 15.2 Å². The van der Waals surface area contributed by atoms with Gasteiger partial charge < -0.3 is 0 Å². The Bertz CT molecular complexity index is 1030. The molecule has 2 aromatic rings. The van der Waals surface area contributed by atoms with E-state index in [0.717, 1.165) is 22.7 Å². The van der Waals surface area contributed by atoms with Gasteiger partial charge in [0.15, 0.2) is 0 Å². The maximum absolute atomic E-state index is 14.4. The quantitative estimate of drug-likeness (QED) is 0.662. The molecule has 0 unspecified atom stereocenters. The summed E-state index contributed by atoms with van der Waals surface area (Å²) in [7, 11) is -3.79. The Kier molecular flexibility index (Phi) is 7.09. The lowest BCUT2D eigenvalue weighted by molar-refractivity contribution is -0.132. The van der Waals surface area contributed by atoms with E-state index in [1.54, 1.807) is 11.5 Å². The van der Waals surface area contributed by atoms with Crippen LogP contribution in [0.25, 0.3) is 0 Å². The first-order chi connectivity index (χ1) is 13.5. The lowest BCUT2D eigenvalue weighted by atomic mass is 10.1. The Morgan fingerprint density at radius 1 is 1.14 bits per heavy atom. The van der Waals surface area contributed by atoms with Crippen LogP contribution in [0.4, 0.5) is 18.9 Å². The van der Waals surface area contributed by atoms with Gasteiger partial charge in [-0.25, -0.2) is 12.8 Å². The van der Waals surface area contributed by atoms with E-state index >= 15 is 0 Å². The van der Waals surface area contributed by atoms with Crippen molar-refractivity contribution < 1.29 is 31.2 Å². The number of sulfonamides is 1. The SMILES string of the molecule is CS(=O)(=O)N(Cc1ccc(C(=O)NNC(=O)C(F)F)cc1F)c1cccc(Cl)c1. The zero-order valence-electron chi connectivity index (χ0n) is 14.8. The zero-order chi connectivity index (χ0) is 21.8. The molecule has 2 N–H and O–H groups in total. The van der Waals surface area contributed by atoms with E-state index in [1.807, 2.05) is 0 Å². The Morgan fingerprint density at radius 3 is 2.38 bits per heavy atom. The van der Waals surface area contributed by atoms with Crippen molar-refractivity contribution in [3.63, 3.8) is 0 Å². The number of amides is 2. The molecule has 0 saturated carbocycles. The van der Waals surface area contributed by atoms with Crippen LogP contribution in [0, 0.1) is 5.82 Å². The summed E-state index contributed by atoms with van der Waals surface area (Å²) in [6.45, 7) is -0.380. The number of hydrogen-bond donors (Lipinski definition) is 2. The van der Waals surface area contributed by atoms with Crippen LogP contribution in [-0.4, -0.2) is 32.9 Å². The van der Waals surface area contributed by atoms with Crippen LogP contribution in [0.2, 0.25) is 5.02 Å². The molecule has 7 nitrogen and oxygen atoms in total. The Labute approximate surface area is 169 Å². The molecule has 0 bridgehead atoms. The summed E-state index contributed by atoms with van der Waals surface area (Å²) in [6, 6.07) is 9.08. The van der Waals surface area contributed by atoms with Crippen LogP contribution in [0.5, 0.6) is 0 Å². The van der Waals surface area contributed by atoms with E-state index in [0.29, 0.717) is 0 Å². The summed E-state index contributed by atoms with van der Waals surface area (Å²) < 4.78 is 63.8. The molecule has 29 heavy (non-hydrogen) atoms. The van der Waals surface area contributed by atoms with Crippen molar-refractivity contribution in [2.75, 3.05) is 10.6 Å². The van der Waals surface area contributed by atoms with Gasteiger partial charge in [0.05, 0.1) is 18.5 Å². The van der Waals surface area contributed by atoms with E-state index in [1.165, 1.54) is 29.7 Å². The first kappa shape index (κ1) is 22.5. The lowest BCUT2D eigenvalue weighted by Crippen LogP contribution is -2.44. The average molecular weight is 450 g/mol. The molecule has 0 heterocycles. The van der Waals surface area contributed by atoms with Crippen LogP contribution in [0.15, 0.2) is 42.5 Å². The van der Waals surface area contributed by atoms with Gasteiger partial charge in [-0.2, -0.15) is 8.78 Å². The normalized spacial score (nSPS) is 11.2. The second-order valence-electron chi connectivity index (χ2n) is 5.80. The highest BCUT2D eigenvalue weighted by molar-refractivity contribution is 7.92. The largest absolute Gasteiger partial charge is 0.317 e. The number of carbonyl (C=O) groups is 2. The highest BCUT2D eigenvalue weighted by atomic mass is 35.5. The monoisotopic (exact) mass is 449 g/mol. The van der Waals surface area contributed by atoms with Crippen molar-refractivity contribution in [3.8, 4) is 0 Å². The molecule has 0 aromatic heterocycles. The first-order valence-corrected chi connectivity index (χ1v) is 10.1. The summed E-state index contributed by atoms with van der Waals surface area (Å²) in [6.07, 6.45) is -2.39. The number of hydrogen-bond acceptors (Lipinski definition) is 4. The van der Waals surface area contributed by atoms with Crippen molar-refractivity contribution in [1.82, 2.24) is 10.9 Å². The maximum Gasteiger partial charge on any atom is 0.317 e. The fourth-order valence-corrected chi connectivity index (χ4v) is 3.30. The average Bonchev–Trinajstić information content (AvgIpc) is 2.63. The third-order valence-corrected chi connectivity index (χ3v) is 5.00. The van der Waals surface area contributed by atoms with E-state index in [2.05, 4.69) is 0 Å². The van der Waals surface area contributed by atoms with Crippen molar-refractivity contribution in [1.29, 1.82) is 0 Å². The fraction of sp³-hybridized carbons (Fsp3) is 0.176. The second kappa shape index (κ2) is 9.14. The number of carbonyl (C=O) groups excluding carboxylic acids is 2. The smallest absolute Gasteiger partial charge is 0.267 e. The van der Waals surface area contributed by atoms with Gasteiger partial charge in [-0.15, -0.1) is 0 Å². The molecule has 0 spiro atoms. The molecule has 0 atom stereocenters. The van der Waals surface area contributed by atoms with E-state index in [9.17, 15) is 31.2 Å². The fourth-order valence-electron chi connectivity index (χ4n) is 2.25. The molecule has 0 fully saturated rings. The molecular weight excluding hydrogens is 435 g/mol. The molecule has 0 radical (unpaired) electrons. The predicted molar refractivity (Wildman–Crippen MR) is 100 cm³/mol. The number of nitrogens with zero attached hydrogens (tertiary/aromatic N) is 1. The summed E-state index contributed by atoms with van der Waals surface area (Å²) >= 11 is 5.88. The van der Waals surface area contributed by atoms with Crippen LogP contribution in [0.1, 0.15) is 15.9 Å². The highest BCUT2D eigenvalue weighted by Gasteiger charge is 2.21. The number of rotatable bonds is 6. The van der Waals surface area contributed by atoms with Crippen molar-refractivity contribution in [2.24, 2.45) is 0 Å². The van der Waals surface area contributed by atoms with Gasteiger partial charge in [0.2, 0.25) is 10.0 Å². The minimum Gasteiger partial charge on any atom is -0.267 e. The van der Waals surface area contributed by atoms with Gasteiger partial charge in [0, 0.05) is 16.1 Å². The van der Waals surface area contributed by atoms with Crippen LogP contribution in [-0.2, 0) is 21.4 Å². The third kappa shape index (κ3) is 6.09. The second-order valence-corrected chi connectivity index (χ2v) is 8.14. The van der Waals surface area contributed by atoms with Gasteiger partial charge in [0.25, 0.3) is 5.91 Å². The van der Waals surface area contributed by atoms with Gasteiger partial charge in [-0.1, -0.05) is 23.7 Å². The minimum atomic E-state index is -3.79. The zero-order valence-corrected chi connectivity index (χ0v) is 16.4. The third-order valence-electron chi connectivity index (χ3n) is 3.62. The summed E-state index contributed by atoms with van der Waals surface area (Å²) in [4.78, 5) is 22.6. The molecule has 0 aliphatic carbocycles. The Hall–Kier alpha value is -2.79. The minimum absolute atomic E-state index is 0.0523. The molecule has 12 heteroatoms. The number of benzene rings is 2. The summed E-state index contributed by atoms with van der Waals surface area (Å²) in [5.41, 5.74) is 3.10. The topological polar surface area (TPSA) is 95.6 Å². The van der Waals surface area contributed by atoms with Gasteiger partial charge in [-0.05, 0) is 30.3 Å². The number of nitrogens with one attached hydrogen (secondary N) is 2. The molecule has 2 amide bonds. The standard InChI is InChI=1S/C17H15ClF3N3O4S/c1-29(27,28)24(13-4-2-3-12(18)8-13)9-11-6-5-10(7-14(11)19)16(25)22-23-17(26)15(20)21/h2-8,15H,9H2,1H3,(H,22,25)(H,23,26). The van der Waals surface area contributed by atoms with Gasteiger partial charge in [0.1, 0.15) is 5.82 Å². The summed E-state index contributed by atoms with van der Waals surface area (Å²) in [5, 5.41) is 0.287. The van der Waals surface area contributed by atoms with Crippen molar-refractivity contribution >= 4 is 39.1 Å². The Morgan fingerprint density at radius 2 is 1.83 bits per heavy atom. The van der Waals surface area contributed by atoms with Crippen LogP contribution in [0.3, 0.4) is 0 Å². The van der Waals surface area contributed by atoms with E-state index in [-0.39, 0.29) is 28.4 Å². The highest BCUT2D eigenvalue weighted by Crippen LogP contribution is 2.25. The van der Waals surface area contributed by atoms with E-state index in [4.69, 9.17) is 11.6 Å². The summed E-state index contributed by atoms with van der Waals surface area (Å²) in [5.74, 6) is -3.66. The van der Waals surface area contributed by atoms with Crippen LogP contribution >= 0.6 is 11.6 Å². The van der Waals surface area contributed by atoms with E-state index < -0.39 is 34.1 Å². The Balaban J connectivity index is 2.22. The number of hydrazine groups is 1. The molecule has 0 saturated heterocycles. The maximum atomic E-state index is 14.4. The number of anilines is 1. The number of alkyl halides is 2. The lowest BCUT2D eigenvalue weighted by Gasteiger charge is -2.23. The molecule has 2 rings (SSSR count). The van der Waals surface area contributed by atoms with Gasteiger partial charge in [-0.3, -0.25) is 24.7 Å². The molecule has 0 aliphatic rings. The molecule has 2 aromatic carbocycles. The predicted octanol–water partition coefficient (Wildman–Crippen LogP) is 2.47. The molecular formula is C17H15ClF3N3O4S. The van der Waals surface area contributed by atoms with Gasteiger partial charge >= 0.3 is 12.3 Å². The first-order valence-electron chi connectivity index (χ1n) is 7.89. The molecule has 156 valence electrons. The van der Waals surface area contributed by atoms with Crippen molar-refractivity contribution in [2.45, 2.75) is 13.0 Å².